The van der Waals surface area contributed by atoms with Gasteiger partial charge in [0.25, 0.3) is 0 Å². The Balaban J connectivity index is 2.60. The lowest BCUT2D eigenvalue weighted by atomic mass is 10.1. The highest BCUT2D eigenvalue weighted by Crippen LogP contribution is 2.33. The highest BCUT2D eigenvalue weighted by atomic mass is 79.9. The molecule has 0 aliphatic rings. The monoisotopic (exact) mass is 314 g/mol. The number of carbonyl (C=O) groups is 1. The highest BCUT2D eigenvalue weighted by molar-refractivity contribution is 9.10. The summed E-state index contributed by atoms with van der Waals surface area (Å²) in [5.41, 5.74) is 1.51. The van der Waals surface area contributed by atoms with Gasteiger partial charge in [0.05, 0.1) is 10.7 Å². The van der Waals surface area contributed by atoms with Crippen molar-refractivity contribution in [3.8, 4) is 11.3 Å². The van der Waals surface area contributed by atoms with Crippen LogP contribution in [0.5, 0.6) is 0 Å². The van der Waals surface area contributed by atoms with Crippen molar-refractivity contribution in [2.45, 2.75) is 0 Å². The lowest BCUT2D eigenvalue weighted by molar-refractivity contribution is 0.0689. The number of benzene rings is 1. The van der Waals surface area contributed by atoms with E-state index in [2.05, 4.69) is 21.0 Å². The summed E-state index contributed by atoms with van der Waals surface area (Å²) in [6.45, 7) is 0. The molecule has 17 heavy (non-hydrogen) atoms. The smallest absolute Gasteiger partial charge is 0.356 e. The van der Waals surface area contributed by atoms with Crippen LogP contribution >= 0.6 is 27.5 Å². The van der Waals surface area contributed by atoms with Crippen LogP contribution in [0.4, 0.5) is 0 Å². The van der Waals surface area contributed by atoms with Gasteiger partial charge in [0.15, 0.2) is 5.69 Å². The van der Waals surface area contributed by atoms with E-state index in [0.29, 0.717) is 10.7 Å². The Morgan fingerprint density at radius 1 is 1.53 bits per heavy atom. The van der Waals surface area contributed by atoms with E-state index >= 15 is 0 Å². The number of nitrogens with zero attached hydrogens (tertiary/aromatic N) is 2. The van der Waals surface area contributed by atoms with E-state index in [-0.39, 0.29) is 5.69 Å². The van der Waals surface area contributed by atoms with Crippen molar-refractivity contribution in [1.82, 2.24) is 9.78 Å². The predicted molar refractivity (Wildman–Crippen MR) is 68.3 cm³/mol. The van der Waals surface area contributed by atoms with E-state index in [4.69, 9.17) is 16.7 Å². The molecule has 1 N–H and O–H groups in total. The molecular weight excluding hydrogens is 307 g/mol. The normalized spacial score (nSPS) is 10.5. The van der Waals surface area contributed by atoms with Gasteiger partial charge in [-0.1, -0.05) is 23.7 Å². The van der Waals surface area contributed by atoms with Gasteiger partial charge in [0.2, 0.25) is 0 Å². The zero-order chi connectivity index (χ0) is 12.6. The number of aryl methyl sites for hydroxylation is 1. The standard InChI is InChI=1S/C11H8BrClN2O2/c1-15-9(5-8(14-15)11(16)17)6-3-2-4-7(13)10(6)12/h2-5H,1H3,(H,16,17). The van der Waals surface area contributed by atoms with Crippen molar-refractivity contribution in [2.24, 2.45) is 7.05 Å². The minimum absolute atomic E-state index is 0.00868. The first kappa shape index (κ1) is 12.1. The number of hydrogen-bond acceptors (Lipinski definition) is 2. The second kappa shape index (κ2) is 4.50. The van der Waals surface area contributed by atoms with Crippen LogP contribution in [0.2, 0.25) is 5.02 Å². The van der Waals surface area contributed by atoms with Crippen molar-refractivity contribution in [2.75, 3.05) is 0 Å². The molecule has 0 fully saturated rings. The second-order valence-electron chi connectivity index (χ2n) is 3.44. The number of rotatable bonds is 2. The van der Waals surface area contributed by atoms with Crippen LogP contribution in [0.15, 0.2) is 28.7 Å². The van der Waals surface area contributed by atoms with Crippen molar-refractivity contribution in [3.05, 3.63) is 39.5 Å². The van der Waals surface area contributed by atoms with E-state index in [1.54, 1.807) is 19.2 Å². The van der Waals surface area contributed by atoms with Crippen LogP contribution in [0.1, 0.15) is 10.5 Å². The Morgan fingerprint density at radius 2 is 2.24 bits per heavy atom. The molecule has 0 saturated heterocycles. The molecule has 0 spiro atoms. The third kappa shape index (κ3) is 2.21. The van der Waals surface area contributed by atoms with Crippen LogP contribution in [-0.4, -0.2) is 20.9 Å². The van der Waals surface area contributed by atoms with E-state index < -0.39 is 5.97 Å². The highest BCUT2D eigenvalue weighted by Gasteiger charge is 2.15. The van der Waals surface area contributed by atoms with Gasteiger partial charge >= 0.3 is 5.97 Å². The van der Waals surface area contributed by atoms with Gasteiger partial charge in [-0.25, -0.2) is 4.79 Å². The summed E-state index contributed by atoms with van der Waals surface area (Å²) in [4.78, 5) is 10.8. The lowest BCUT2D eigenvalue weighted by Crippen LogP contribution is -1.99. The van der Waals surface area contributed by atoms with Crippen LogP contribution in [0, 0.1) is 0 Å². The molecule has 0 unspecified atom stereocenters. The van der Waals surface area contributed by atoms with Crippen LogP contribution in [0.25, 0.3) is 11.3 Å². The summed E-state index contributed by atoms with van der Waals surface area (Å²) in [5, 5.41) is 13.4. The Kier molecular flexibility index (Phi) is 3.22. The second-order valence-corrected chi connectivity index (χ2v) is 4.65. The Bertz CT molecular complexity index is 595. The number of aromatic carboxylic acids is 1. The molecule has 2 rings (SSSR count). The number of hydrogen-bond donors (Lipinski definition) is 1. The molecule has 1 aromatic carbocycles. The lowest BCUT2D eigenvalue weighted by Gasteiger charge is -2.05. The minimum atomic E-state index is -1.05. The van der Waals surface area contributed by atoms with Crippen molar-refractivity contribution in [3.63, 3.8) is 0 Å². The summed E-state index contributed by atoms with van der Waals surface area (Å²) in [6.07, 6.45) is 0. The van der Waals surface area contributed by atoms with Crippen molar-refractivity contribution in [1.29, 1.82) is 0 Å². The SMILES string of the molecule is Cn1nc(C(=O)O)cc1-c1cccc(Cl)c1Br. The third-order valence-corrected chi connectivity index (χ3v) is 3.72. The number of carboxylic acid groups (broad SMARTS) is 1. The Hall–Kier alpha value is -1.33. The summed E-state index contributed by atoms with van der Waals surface area (Å²) >= 11 is 9.37. The van der Waals surface area contributed by atoms with Gasteiger partial charge in [-0.05, 0) is 28.1 Å². The first-order chi connectivity index (χ1) is 8.00. The molecule has 0 radical (unpaired) electrons. The van der Waals surface area contributed by atoms with Crippen molar-refractivity contribution >= 4 is 33.5 Å². The molecule has 88 valence electrons. The van der Waals surface area contributed by atoms with E-state index in [1.807, 2.05) is 6.07 Å². The first-order valence-electron chi connectivity index (χ1n) is 4.72. The average Bonchev–Trinajstić information content (AvgIpc) is 2.65. The average molecular weight is 316 g/mol. The molecule has 1 aromatic heterocycles. The zero-order valence-corrected chi connectivity index (χ0v) is 11.2. The maximum absolute atomic E-state index is 10.8. The molecule has 1 heterocycles. The molecule has 0 saturated carbocycles. The van der Waals surface area contributed by atoms with E-state index in [9.17, 15) is 4.79 Å². The summed E-state index contributed by atoms with van der Waals surface area (Å²) in [6, 6.07) is 6.91. The van der Waals surface area contributed by atoms with Gasteiger partial charge in [-0.3, -0.25) is 4.68 Å². The van der Waals surface area contributed by atoms with Gasteiger partial charge in [-0.15, -0.1) is 0 Å². The number of aromatic nitrogens is 2. The molecule has 2 aromatic rings. The minimum Gasteiger partial charge on any atom is -0.476 e. The molecular formula is C11H8BrClN2O2. The number of halogens is 2. The zero-order valence-electron chi connectivity index (χ0n) is 8.82. The van der Waals surface area contributed by atoms with Gasteiger partial charge in [0.1, 0.15) is 0 Å². The Morgan fingerprint density at radius 3 is 2.82 bits per heavy atom. The molecule has 0 aliphatic carbocycles. The maximum Gasteiger partial charge on any atom is 0.356 e. The fourth-order valence-corrected chi connectivity index (χ4v) is 2.17. The van der Waals surface area contributed by atoms with Crippen LogP contribution < -0.4 is 0 Å². The van der Waals surface area contributed by atoms with E-state index in [1.165, 1.54) is 10.7 Å². The number of carboxylic acids is 1. The van der Waals surface area contributed by atoms with E-state index in [0.717, 1.165) is 10.0 Å². The van der Waals surface area contributed by atoms with Gasteiger partial charge in [0, 0.05) is 17.1 Å². The molecule has 0 bridgehead atoms. The van der Waals surface area contributed by atoms with Gasteiger partial charge in [-0.2, -0.15) is 5.10 Å². The quantitative estimate of drug-likeness (QED) is 0.926. The molecule has 0 amide bonds. The molecule has 0 aliphatic heterocycles. The maximum atomic E-state index is 10.8. The fraction of sp³-hybridized carbons (Fsp3) is 0.0909. The predicted octanol–water partition coefficient (Wildman–Crippen LogP) is 3.20. The molecule has 4 nitrogen and oxygen atoms in total. The molecule has 0 atom stereocenters. The van der Waals surface area contributed by atoms with Crippen molar-refractivity contribution < 1.29 is 9.90 Å². The fourth-order valence-electron chi connectivity index (χ4n) is 1.53. The molecule has 6 heteroatoms. The summed E-state index contributed by atoms with van der Waals surface area (Å²) in [7, 11) is 1.69. The van der Waals surface area contributed by atoms with Crippen LogP contribution in [0.3, 0.4) is 0 Å². The largest absolute Gasteiger partial charge is 0.476 e. The van der Waals surface area contributed by atoms with Gasteiger partial charge < -0.3 is 5.11 Å². The topological polar surface area (TPSA) is 55.1 Å². The first-order valence-corrected chi connectivity index (χ1v) is 5.89. The van der Waals surface area contributed by atoms with Crippen LogP contribution in [-0.2, 0) is 7.05 Å². The summed E-state index contributed by atoms with van der Waals surface area (Å²) < 4.78 is 2.24. The summed E-state index contributed by atoms with van der Waals surface area (Å²) in [5.74, 6) is -1.05. The third-order valence-electron chi connectivity index (χ3n) is 2.33. The Labute approximate surface area is 111 Å².